The molecule has 0 radical (unpaired) electrons. The number of amides is 1. The Balaban J connectivity index is 2.00. The summed E-state index contributed by atoms with van der Waals surface area (Å²) in [6.45, 7) is -0.0987. The highest BCUT2D eigenvalue weighted by Gasteiger charge is 2.15. The number of aromatic nitrogens is 2. The van der Waals surface area contributed by atoms with Gasteiger partial charge in [-0.2, -0.15) is 0 Å². The lowest BCUT2D eigenvalue weighted by atomic mass is 10.1. The molecule has 0 fully saturated rings. The van der Waals surface area contributed by atoms with E-state index in [1.807, 2.05) is 30.3 Å². The Bertz CT molecular complexity index is 537. The molecule has 0 aliphatic heterocycles. The van der Waals surface area contributed by atoms with E-state index in [2.05, 4.69) is 10.3 Å². The van der Waals surface area contributed by atoms with Gasteiger partial charge in [0.15, 0.2) is 0 Å². The summed E-state index contributed by atoms with van der Waals surface area (Å²) in [6.07, 6.45) is 3.67. The Hall–Kier alpha value is -2.14. The average Bonchev–Trinajstić information content (AvgIpc) is 2.85. The minimum absolute atomic E-state index is 0.0987. The number of hydrogen-bond donors (Lipinski definition) is 2. The Morgan fingerprint density at radius 1 is 1.42 bits per heavy atom. The lowest BCUT2D eigenvalue weighted by Gasteiger charge is -2.16. The van der Waals surface area contributed by atoms with Crippen LogP contribution in [0.4, 0.5) is 0 Å². The maximum atomic E-state index is 12.0. The number of rotatable bonds is 5. The fraction of sp³-hybridized carbons (Fsp3) is 0.286. The minimum Gasteiger partial charge on any atom is -0.394 e. The zero-order valence-electron chi connectivity index (χ0n) is 10.8. The van der Waals surface area contributed by atoms with Crippen molar-refractivity contribution in [2.75, 3.05) is 6.61 Å². The second-order valence-corrected chi connectivity index (χ2v) is 4.43. The van der Waals surface area contributed by atoms with Gasteiger partial charge in [-0.3, -0.25) is 4.79 Å². The largest absolute Gasteiger partial charge is 0.394 e. The second-order valence-electron chi connectivity index (χ2n) is 4.43. The van der Waals surface area contributed by atoms with Crippen LogP contribution < -0.4 is 5.32 Å². The number of hydrogen-bond acceptors (Lipinski definition) is 3. The maximum Gasteiger partial charge on any atom is 0.269 e. The van der Waals surface area contributed by atoms with E-state index in [1.165, 1.54) is 6.20 Å². The number of aliphatic hydroxyl groups is 1. The first kappa shape index (κ1) is 13.3. The summed E-state index contributed by atoms with van der Waals surface area (Å²) in [5, 5.41) is 12.2. The monoisotopic (exact) mass is 259 g/mol. The number of aryl methyl sites for hydroxylation is 1. The fourth-order valence-electron chi connectivity index (χ4n) is 1.90. The molecule has 1 heterocycles. The van der Waals surface area contributed by atoms with E-state index in [0.717, 1.165) is 5.56 Å². The zero-order valence-corrected chi connectivity index (χ0v) is 10.8. The van der Waals surface area contributed by atoms with Crippen molar-refractivity contribution >= 4 is 5.91 Å². The number of nitrogens with one attached hydrogen (secondary N) is 1. The lowest BCUT2D eigenvalue weighted by Crippen LogP contribution is -2.39. The van der Waals surface area contributed by atoms with Gasteiger partial charge in [0.2, 0.25) is 0 Å². The van der Waals surface area contributed by atoms with Crippen LogP contribution in [0.3, 0.4) is 0 Å². The molecule has 1 amide bonds. The number of imidazole rings is 1. The van der Waals surface area contributed by atoms with Gasteiger partial charge in [0.25, 0.3) is 5.91 Å². The van der Waals surface area contributed by atoms with Gasteiger partial charge in [-0.1, -0.05) is 30.3 Å². The van der Waals surface area contributed by atoms with Crippen molar-refractivity contribution in [3.63, 3.8) is 0 Å². The normalized spacial score (nSPS) is 12.1. The molecule has 1 atom stereocenters. The Labute approximate surface area is 111 Å². The Morgan fingerprint density at radius 3 is 2.74 bits per heavy atom. The van der Waals surface area contributed by atoms with Gasteiger partial charge in [0.05, 0.1) is 25.2 Å². The summed E-state index contributed by atoms with van der Waals surface area (Å²) in [4.78, 5) is 15.9. The van der Waals surface area contributed by atoms with Crippen molar-refractivity contribution in [1.29, 1.82) is 0 Å². The van der Waals surface area contributed by atoms with Crippen molar-refractivity contribution in [2.24, 2.45) is 7.05 Å². The predicted octanol–water partition coefficient (Wildman–Crippen LogP) is 0.753. The Morgan fingerprint density at radius 2 is 2.16 bits per heavy atom. The SMILES string of the molecule is Cn1cncc1C(=O)N[C@H](CO)Cc1ccccc1. The minimum atomic E-state index is -0.301. The van der Waals surface area contributed by atoms with E-state index in [1.54, 1.807) is 17.9 Å². The van der Waals surface area contributed by atoms with Crippen LogP contribution in [0.5, 0.6) is 0 Å². The third-order valence-electron chi connectivity index (χ3n) is 2.93. The molecule has 0 aliphatic carbocycles. The number of carbonyl (C=O) groups is 1. The Kier molecular flexibility index (Phi) is 4.30. The van der Waals surface area contributed by atoms with E-state index in [4.69, 9.17) is 0 Å². The molecule has 1 aromatic heterocycles. The predicted molar refractivity (Wildman–Crippen MR) is 71.7 cm³/mol. The van der Waals surface area contributed by atoms with Crippen molar-refractivity contribution in [1.82, 2.24) is 14.9 Å². The van der Waals surface area contributed by atoms with Gasteiger partial charge < -0.3 is 15.0 Å². The van der Waals surface area contributed by atoms with E-state index < -0.39 is 0 Å². The molecule has 5 nitrogen and oxygen atoms in total. The summed E-state index contributed by atoms with van der Waals surface area (Å²) in [6, 6.07) is 9.45. The standard InChI is InChI=1S/C14H17N3O2/c1-17-10-15-8-13(17)14(19)16-12(9-18)7-11-5-3-2-4-6-11/h2-6,8,10,12,18H,7,9H2,1H3,(H,16,19)/t12-/m0/s1. The molecule has 2 rings (SSSR count). The molecule has 1 aromatic carbocycles. The van der Waals surface area contributed by atoms with Crippen LogP contribution >= 0.6 is 0 Å². The molecule has 19 heavy (non-hydrogen) atoms. The highest BCUT2D eigenvalue weighted by atomic mass is 16.3. The van der Waals surface area contributed by atoms with Crippen LogP contribution in [-0.4, -0.2) is 33.2 Å². The second kappa shape index (κ2) is 6.15. The molecule has 0 aliphatic rings. The first-order chi connectivity index (χ1) is 9.20. The van der Waals surface area contributed by atoms with Gasteiger partial charge in [0, 0.05) is 7.05 Å². The van der Waals surface area contributed by atoms with Gasteiger partial charge in [0.1, 0.15) is 5.69 Å². The van der Waals surface area contributed by atoms with Gasteiger partial charge in [-0.05, 0) is 12.0 Å². The van der Waals surface area contributed by atoms with Crippen LogP contribution in [0.15, 0.2) is 42.9 Å². The van der Waals surface area contributed by atoms with Crippen LogP contribution in [0, 0.1) is 0 Å². The van der Waals surface area contributed by atoms with Gasteiger partial charge in [-0.15, -0.1) is 0 Å². The molecule has 0 bridgehead atoms. The first-order valence-electron chi connectivity index (χ1n) is 6.12. The van der Waals surface area contributed by atoms with Gasteiger partial charge in [-0.25, -0.2) is 4.98 Å². The molecule has 2 N–H and O–H groups in total. The van der Waals surface area contributed by atoms with E-state index in [0.29, 0.717) is 12.1 Å². The lowest BCUT2D eigenvalue weighted by molar-refractivity contribution is 0.0908. The summed E-state index contributed by atoms with van der Waals surface area (Å²) in [5.41, 5.74) is 1.55. The van der Waals surface area contributed by atoms with E-state index >= 15 is 0 Å². The summed E-state index contributed by atoms with van der Waals surface area (Å²) >= 11 is 0. The molecular formula is C14H17N3O2. The van der Waals surface area contributed by atoms with Crippen molar-refractivity contribution in [3.05, 3.63) is 54.1 Å². The molecular weight excluding hydrogens is 242 g/mol. The van der Waals surface area contributed by atoms with E-state index in [9.17, 15) is 9.90 Å². The molecule has 0 unspecified atom stereocenters. The van der Waals surface area contributed by atoms with Gasteiger partial charge >= 0.3 is 0 Å². The fourth-order valence-corrected chi connectivity index (χ4v) is 1.90. The quantitative estimate of drug-likeness (QED) is 0.832. The molecule has 5 heteroatoms. The molecule has 0 spiro atoms. The van der Waals surface area contributed by atoms with Crippen LogP contribution in [-0.2, 0) is 13.5 Å². The first-order valence-corrected chi connectivity index (χ1v) is 6.12. The van der Waals surface area contributed by atoms with Crippen LogP contribution in [0.25, 0.3) is 0 Å². The van der Waals surface area contributed by atoms with Crippen molar-refractivity contribution in [2.45, 2.75) is 12.5 Å². The highest BCUT2D eigenvalue weighted by molar-refractivity contribution is 5.92. The van der Waals surface area contributed by atoms with Crippen LogP contribution in [0.1, 0.15) is 16.1 Å². The smallest absolute Gasteiger partial charge is 0.269 e. The topological polar surface area (TPSA) is 67.2 Å². The highest BCUT2D eigenvalue weighted by Crippen LogP contribution is 2.04. The number of carbonyl (C=O) groups excluding carboxylic acids is 1. The zero-order chi connectivity index (χ0) is 13.7. The third kappa shape index (κ3) is 3.42. The molecule has 0 saturated carbocycles. The maximum absolute atomic E-state index is 12.0. The summed E-state index contributed by atoms with van der Waals surface area (Å²) < 4.78 is 1.65. The van der Waals surface area contributed by atoms with Crippen LogP contribution in [0.2, 0.25) is 0 Å². The summed E-state index contributed by atoms with van der Waals surface area (Å²) in [7, 11) is 1.76. The van der Waals surface area contributed by atoms with Crippen molar-refractivity contribution in [3.8, 4) is 0 Å². The average molecular weight is 259 g/mol. The molecule has 100 valence electrons. The molecule has 2 aromatic rings. The third-order valence-corrected chi connectivity index (χ3v) is 2.93. The molecule has 0 saturated heterocycles. The number of aliphatic hydroxyl groups excluding tert-OH is 1. The number of nitrogens with zero attached hydrogens (tertiary/aromatic N) is 2. The van der Waals surface area contributed by atoms with Crippen molar-refractivity contribution < 1.29 is 9.90 Å². The summed E-state index contributed by atoms with van der Waals surface area (Å²) in [5.74, 6) is -0.227. The number of benzene rings is 1. The van der Waals surface area contributed by atoms with E-state index in [-0.39, 0.29) is 18.6 Å².